The SMILES string of the molecule is CCC(C)C(=O)COCCC(F)(F)F. The zero-order valence-corrected chi connectivity index (χ0v) is 8.36. The van der Waals surface area contributed by atoms with E-state index < -0.39 is 19.2 Å². The van der Waals surface area contributed by atoms with E-state index in [0.717, 1.165) is 0 Å². The molecule has 0 aromatic carbocycles. The van der Waals surface area contributed by atoms with Gasteiger partial charge in [-0.2, -0.15) is 13.2 Å². The molecule has 1 atom stereocenters. The number of carbonyl (C=O) groups excluding carboxylic acids is 1. The molecule has 0 saturated carbocycles. The van der Waals surface area contributed by atoms with Crippen molar-refractivity contribution in [1.29, 1.82) is 0 Å². The van der Waals surface area contributed by atoms with Gasteiger partial charge in [0.1, 0.15) is 6.61 Å². The van der Waals surface area contributed by atoms with E-state index in [9.17, 15) is 18.0 Å². The fourth-order valence-electron chi connectivity index (χ4n) is 0.731. The van der Waals surface area contributed by atoms with Gasteiger partial charge in [0.25, 0.3) is 0 Å². The Morgan fingerprint density at radius 2 is 2.00 bits per heavy atom. The molecule has 0 aromatic heterocycles. The molecule has 1 unspecified atom stereocenters. The summed E-state index contributed by atoms with van der Waals surface area (Å²) in [5, 5.41) is 0. The molecule has 0 aliphatic carbocycles. The van der Waals surface area contributed by atoms with Crippen LogP contribution in [0.25, 0.3) is 0 Å². The van der Waals surface area contributed by atoms with Crippen LogP contribution in [0.4, 0.5) is 13.2 Å². The third-order valence-electron chi connectivity index (χ3n) is 1.94. The van der Waals surface area contributed by atoms with Gasteiger partial charge in [-0.05, 0) is 6.42 Å². The summed E-state index contributed by atoms with van der Waals surface area (Å²) in [5.74, 6) is -0.282. The highest BCUT2D eigenvalue weighted by atomic mass is 19.4. The van der Waals surface area contributed by atoms with E-state index in [4.69, 9.17) is 0 Å². The molecule has 0 aliphatic rings. The molecule has 84 valence electrons. The van der Waals surface area contributed by atoms with Crippen LogP contribution in [0.5, 0.6) is 0 Å². The summed E-state index contributed by atoms with van der Waals surface area (Å²) in [5.41, 5.74) is 0. The molecule has 0 amide bonds. The number of carbonyl (C=O) groups is 1. The molecule has 0 aromatic rings. The van der Waals surface area contributed by atoms with Crippen LogP contribution in [0.15, 0.2) is 0 Å². The van der Waals surface area contributed by atoms with Crippen molar-refractivity contribution in [3.63, 3.8) is 0 Å². The molecular formula is C9H15F3O2. The van der Waals surface area contributed by atoms with Gasteiger partial charge in [-0.1, -0.05) is 13.8 Å². The first-order valence-electron chi connectivity index (χ1n) is 4.54. The number of alkyl halides is 3. The Kier molecular flexibility index (Phi) is 5.76. The van der Waals surface area contributed by atoms with Crippen molar-refractivity contribution in [1.82, 2.24) is 0 Å². The van der Waals surface area contributed by atoms with Crippen LogP contribution in [0.1, 0.15) is 26.7 Å². The number of halogens is 3. The van der Waals surface area contributed by atoms with E-state index in [1.165, 1.54) is 0 Å². The molecule has 5 heteroatoms. The average molecular weight is 212 g/mol. The third-order valence-corrected chi connectivity index (χ3v) is 1.94. The summed E-state index contributed by atoms with van der Waals surface area (Å²) >= 11 is 0. The topological polar surface area (TPSA) is 26.3 Å². The fraction of sp³-hybridized carbons (Fsp3) is 0.889. The number of hydrogen-bond donors (Lipinski definition) is 0. The molecule has 0 rings (SSSR count). The predicted molar refractivity (Wildman–Crippen MR) is 46.0 cm³/mol. The Hall–Kier alpha value is -0.580. The molecule has 0 N–H and O–H groups in total. The van der Waals surface area contributed by atoms with Crippen molar-refractivity contribution in [2.45, 2.75) is 32.9 Å². The Morgan fingerprint density at radius 1 is 1.43 bits per heavy atom. The highest BCUT2D eigenvalue weighted by Gasteiger charge is 2.26. The second kappa shape index (κ2) is 6.01. The van der Waals surface area contributed by atoms with E-state index >= 15 is 0 Å². The minimum Gasteiger partial charge on any atom is -0.373 e. The van der Waals surface area contributed by atoms with E-state index in [-0.39, 0.29) is 18.3 Å². The lowest BCUT2D eigenvalue weighted by Crippen LogP contribution is -2.19. The van der Waals surface area contributed by atoms with E-state index in [1.807, 2.05) is 6.92 Å². The van der Waals surface area contributed by atoms with Gasteiger partial charge in [-0.3, -0.25) is 4.79 Å². The second-order valence-corrected chi connectivity index (χ2v) is 3.19. The van der Waals surface area contributed by atoms with E-state index in [1.54, 1.807) is 6.92 Å². The number of Topliss-reactive ketones (excluding diaryl/α,β-unsaturated/α-hetero) is 1. The highest BCUT2D eigenvalue weighted by Crippen LogP contribution is 2.18. The molecule has 14 heavy (non-hydrogen) atoms. The lowest BCUT2D eigenvalue weighted by Gasteiger charge is -2.09. The van der Waals surface area contributed by atoms with Crippen molar-refractivity contribution in [2.75, 3.05) is 13.2 Å². The highest BCUT2D eigenvalue weighted by molar-refractivity contribution is 5.81. The van der Waals surface area contributed by atoms with Crippen LogP contribution in [-0.2, 0) is 9.53 Å². The predicted octanol–water partition coefficient (Wildman–Crippen LogP) is 2.57. The van der Waals surface area contributed by atoms with Crippen LogP contribution in [0.3, 0.4) is 0 Å². The van der Waals surface area contributed by atoms with Crippen LogP contribution >= 0.6 is 0 Å². The Bertz CT molecular complexity index is 177. The van der Waals surface area contributed by atoms with Crippen molar-refractivity contribution < 1.29 is 22.7 Å². The summed E-state index contributed by atoms with van der Waals surface area (Å²) < 4.78 is 39.5. The molecule has 0 spiro atoms. The molecule has 0 aliphatic heterocycles. The summed E-state index contributed by atoms with van der Waals surface area (Å²) in [7, 11) is 0. The molecule has 0 fully saturated rings. The third kappa shape index (κ3) is 6.88. The monoisotopic (exact) mass is 212 g/mol. The van der Waals surface area contributed by atoms with Crippen LogP contribution in [0.2, 0.25) is 0 Å². The number of ether oxygens (including phenoxy) is 1. The van der Waals surface area contributed by atoms with Crippen molar-refractivity contribution in [3.05, 3.63) is 0 Å². The van der Waals surface area contributed by atoms with E-state index in [0.29, 0.717) is 6.42 Å². The zero-order valence-electron chi connectivity index (χ0n) is 8.36. The van der Waals surface area contributed by atoms with Gasteiger partial charge < -0.3 is 4.74 Å². The normalized spacial score (nSPS) is 14.1. The van der Waals surface area contributed by atoms with Crippen molar-refractivity contribution in [2.24, 2.45) is 5.92 Å². The Labute approximate surface area is 81.4 Å². The first-order chi connectivity index (χ1) is 6.37. The first-order valence-corrected chi connectivity index (χ1v) is 4.54. The van der Waals surface area contributed by atoms with Gasteiger partial charge in [-0.15, -0.1) is 0 Å². The van der Waals surface area contributed by atoms with Gasteiger partial charge in [-0.25, -0.2) is 0 Å². The molecule has 0 radical (unpaired) electrons. The van der Waals surface area contributed by atoms with Crippen LogP contribution in [0, 0.1) is 5.92 Å². The summed E-state index contributed by atoms with van der Waals surface area (Å²) in [6, 6.07) is 0. The van der Waals surface area contributed by atoms with Crippen molar-refractivity contribution >= 4 is 5.78 Å². The largest absolute Gasteiger partial charge is 0.391 e. The van der Waals surface area contributed by atoms with E-state index in [2.05, 4.69) is 4.74 Å². The van der Waals surface area contributed by atoms with Gasteiger partial charge in [0.05, 0.1) is 13.0 Å². The number of ketones is 1. The maximum absolute atomic E-state index is 11.6. The second-order valence-electron chi connectivity index (χ2n) is 3.19. The number of rotatable bonds is 6. The van der Waals surface area contributed by atoms with Gasteiger partial charge in [0.15, 0.2) is 5.78 Å². The Morgan fingerprint density at radius 3 is 2.43 bits per heavy atom. The quantitative estimate of drug-likeness (QED) is 0.632. The van der Waals surface area contributed by atoms with Crippen molar-refractivity contribution in [3.8, 4) is 0 Å². The lowest BCUT2D eigenvalue weighted by atomic mass is 10.1. The minimum absolute atomic E-state index is 0.138. The summed E-state index contributed by atoms with van der Waals surface area (Å²) in [4.78, 5) is 11.1. The molecule has 0 heterocycles. The maximum atomic E-state index is 11.6. The standard InChI is InChI=1S/C9H15F3O2/c1-3-7(2)8(13)6-14-5-4-9(10,11)12/h7H,3-6H2,1-2H3. The minimum atomic E-state index is -4.21. The van der Waals surface area contributed by atoms with Crippen LogP contribution < -0.4 is 0 Å². The molecule has 0 bridgehead atoms. The summed E-state index contributed by atoms with van der Waals surface area (Å²) in [6.45, 7) is 2.92. The lowest BCUT2D eigenvalue weighted by molar-refractivity contribution is -0.149. The first kappa shape index (κ1) is 13.4. The average Bonchev–Trinajstić information content (AvgIpc) is 2.09. The zero-order chi connectivity index (χ0) is 11.2. The van der Waals surface area contributed by atoms with Crippen LogP contribution in [-0.4, -0.2) is 25.2 Å². The van der Waals surface area contributed by atoms with Gasteiger partial charge >= 0.3 is 6.18 Å². The fourth-order valence-corrected chi connectivity index (χ4v) is 0.731. The number of hydrogen-bond acceptors (Lipinski definition) is 2. The van der Waals surface area contributed by atoms with Gasteiger partial charge in [0, 0.05) is 5.92 Å². The maximum Gasteiger partial charge on any atom is 0.391 e. The molecule has 0 saturated heterocycles. The summed E-state index contributed by atoms with van der Waals surface area (Å²) in [6.07, 6.45) is -4.53. The van der Waals surface area contributed by atoms with Gasteiger partial charge in [0.2, 0.25) is 0 Å². The smallest absolute Gasteiger partial charge is 0.373 e. The Balaban J connectivity index is 3.51. The molecule has 2 nitrogen and oxygen atoms in total. The molecular weight excluding hydrogens is 197 g/mol.